The number of nitrogens with one attached hydrogen (secondary N) is 2. The molecule has 1 saturated heterocycles. The molecule has 0 bridgehead atoms. The lowest BCUT2D eigenvalue weighted by molar-refractivity contribution is 0.0326. The maximum Gasteiger partial charge on any atom is 0.251 e. The van der Waals surface area contributed by atoms with Crippen LogP contribution in [0.3, 0.4) is 0 Å². The zero-order valence-electron chi connectivity index (χ0n) is 18.5. The Bertz CT molecular complexity index is 975. The van der Waals surface area contributed by atoms with Crippen molar-refractivity contribution in [1.82, 2.24) is 14.9 Å². The molecule has 2 fully saturated rings. The van der Waals surface area contributed by atoms with Crippen LogP contribution in [-0.4, -0.2) is 44.4 Å². The smallest absolute Gasteiger partial charge is 0.251 e. The summed E-state index contributed by atoms with van der Waals surface area (Å²) in [7, 11) is -3.68. The molecule has 0 atom stereocenters. The van der Waals surface area contributed by atoms with Crippen LogP contribution in [0.2, 0.25) is 0 Å². The van der Waals surface area contributed by atoms with Crippen molar-refractivity contribution in [2.75, 3.05) is 19.6 Å². The van der Waals surface area contributed by atoms with Crippen molar-refractivity contribution in [3.05, 3.63) is 54.0 Å². The largest absolute Gasteiger partial charge is 0.468 e. The first-order valence-electron chi connectivity index (χ1n) is 11.6. The van der Waals surface area contributed by atoms with Crippen LogP contribution >= 0.6 is 0 Å². The van der Waals surface area contributed by atoms with Crippen LogP contribution in [0.25, 0.3) is 0 Å². The minimum atomic E-state index is -3.68. The van der Waals surface area contributed by atoms with E-state index < -0.39 is 10.0 Å². The van der Waals surface area contributed by atoms with Gasteiger partial charge in [-0.3, -0.25) is 9.69 Å². The monoisotopic (exact) mass is 459 g/mol. The Hall–Kier alpha value is -2.16. The molecule has 4 rings (SSSR count). The molecule has 2 heterocycles. The SMILES string of the molecule is O=C(NCC1(N2CCCCC2)CCCCC1)c1ccc(S(=O)(=O)NCc2ccco2)cc1. The summed E-state index contributed by atoms with van der Waals surface area (Å²) in [6.45, 7) is 2.97. The van der Waals surface area contributed by atoms with Crippen molar-refractivity contribution < 1.29 is 17.6 Å². The van der Waals surface area contributed by atoms with E-state index in [9.17, 15) is 13.2 Å². The second kappa shape index (κ2) is 10.2. The molecular weight excluding hydrogens is 426 g/mol. The number of benzene rings is 1. The van der Waals surface area contributed by atoms with E-state index in [1.54, 1.807) is 24.3 Å². The third kappa shape index (κ3) is 5.42. The van der Waals surface area contributed by atoms with Gasteiger partial charge in [-0.1, -0.05) is 25.7 Å². The van der Waals surface area contributed by atoms with Crippen LogP contribution in [0.15, 0.2) is 52.0 Å². The van der Waals surface area contributed by atoms with Gasteiger partial charge in [0.2, 0.25) is 10.0 Å². The van der Waals surface area contributed by atoms with Crippen molar-refractivity contribution in [2.45, 2.75) is 68.3 Å². The summed E-state index contributed by atoms with van der Waals surface area (Å²) in [5, 5.41) is 3.15. The van der Waals surface area contributed by atoms with Gasteiger partial charge in [-0.15, -0.1) is 0 Å². The number of carbonyl (C=O) groups is 1. The lowest BCUT2D eigenvalue weighted by Gasteiger charge is -2.48. The van der Waals surface area contributed by atoms with E-state index in [1.807, 2.05) is 0 Å². The summed E-state index contributed by atoms with van der Waals surface area (Å²) in [6, 6.07) is 9.51. The number of sulfonamides is 1. The number of likely N-dealkylation sites (tertiary alicyclic amines) is 1. The Labute approximate surface area is 190 Å². The zero-order chi connectivity index (χ0) is 22.4. The highest BCUT2D eigenvalue weighted by atomic mass is 32.2. The number of furan rings is 1. The number of piperidine rings is 1. The molecule has 2 aliphatic rings. The van der Waals surface area contributed by atoms with Crippen molar-refractivity contribution in [1.29, 1.82) is 0 Å². The van der Waals surface area contributed by atoms with Crippen LogP contribution < -0.4 is 10.0 Å². The van der Waals surface area contributed by atoms with E-state index in [4.69, 9.17) is 4.42 Å². The molecule has 7 nitrogen and oxygen atoms in total. The fourth-order valence-corrected chi connectivity index (χ4v) is 5.97. The van der Waals surface area contributed by atoms with Gasteiger partial charge >= 0.3 is 0 Å². The van der Waals surface area contributed by atoms with Gasteiger partial charge < -0.3 is 9.73 Å². The molecule has 8 heteroatoms. The molecule has 2 N–H and O–H groups in total. The molecule has 1 aromatic carbocycles. The van der Waals surface area contributed by atoms with Crippen molar-refractivity contribution in [3.63, 3.8) is 0 Å². The summed E-state index contributed by atoms with van der Waals surface area (Å²) in [6.07, 6.45) is 11.2. The van der Waals surface area contributed by atoms with Gasteiger partial charge in [0.15, 0.2) is 0 Å². The van der Waals surface area contributed by atoms with E-state index in [0.717, 1.165) is 25.9 Å². The Balaban J connectivity index is 1.37. The summed E-state index contributed by atoms with van der Waals surface area (Å²) >= 11 is 0. The number of rotatable bonds is 8. The quantitative estimate of drug-likeness (QED) is 0.628. The van der Waals surface area contributed by atoms with Gasteiger partial charge in [0.1, 0.15) is 5.76 Å². The van der Waals surface area contributed by atoms with Gasteiger partial charge in [0.05, 0.1) is 17.7 Å². The number of hydrogen-bond acceptors (Lipinski definition) is 5. The van der Waals surface area contributed by atoms with Gasteiger partial charge in [-0.05, 0) is 75.2 Å². The first-order chi connectivity index (χ1) is 15.5. The van der Waals surface area contributed by atoms with Crippen LogP contribution in [0.4, 0.5) is 0 Å². The molecule has 1 aliphatic heterocycles. The Morgan fingerprint density at radius 2 is 1.66 bits per heavy atom. The van der Waals surface area contributed by atoms with Gasteiger partial charge in [0.25, 0.3) is 5.91 Å². The summed E-state index contributed by atoms with van der Waals surface area (Å²) in [5.41, 5.74) is 0.535. The van der Waals surface area contributed by atoms with E-state index in [-0.39, 0.29) is 22.9 Å². The molecule has 0 unspecified atom stereocenters. The highest BCUT2D eigenvalue weighted by Gasteiger charge is 2.38. The first-order valence-corrected chi connectivity index (χ1v) is 13.1. The fraction of sp³-hybridized carbons (Fsp3) is 0.542. The molecule has 1 aromatic heterocycles. The van der Waals surface area contributed by atoms with Gasteiger partial charge in [0, 0.05) is 17.6 Å². The summed E-state index contributed by atoms with van der Waals surface area (Å²) in [5.74, 6) is 0.384. The molecule has 1 saturated carbocycles. The molecular formula is C24H33N3O4S. The second-order valence-corrected chi connectivity index (χ2v) is 10.7. The van der Waals surface area contributed by atoms with E-state index in [1.165, 1.54) is 56.9 Å². The van der Waals surface area contributed by atoms with Crippen molar-refractivity contribution in [2.24, 2.45) is 0 Å². The van der Waals surface area contributed by atoms with E-state index >= 15 is 0 Å². The highest BCUT2D eigenvalue weighted by molar-refractivity contribution is 7.89. The molecule has 174 valence electrons. The van der Waals surface area contributed by atoms with E-state index in [2.05, 4.69) is 14.9 Å². The summed E-state index contributed by atoms with van der Waals surface area (Å²) < 4.78 is 32.7. The summed E-state index contributed by atoms with van der Waals surface area (Å²) in [4.78, 5) is 15.6. The molecule has 0 radical (unpaired) electrons. The maximum absolute atomic E-state index is 12.8. The highest BCUT2D eigenvalue weighted by Crippen LogP contribution is 2.35. The van der Waals surface area contributed by atoms with Crippen LogP contribution in [0.5, 0.6) is 0 Å². The number of amides is 1. The van der Waals surface area contributed by atoms with E-state index in [0.29, 0.717) is 17.9 Å². The molecule has 0 spiro atoms. The van der Waals surface area contributed by atoms with Crippen LogP contribution in [0.1, 0.15) is 67.5 Å². The van der Waals surface area contributed by atoms with Crippen LogP contribution in [-0.2, 0) is 16.6 Å². The Morgan fingerprint density at radius 1 is 0.969 bits per heavy atom. The molecule has 2 aromatic rings. The second-order valence-electron chi connectivity index (χ2n) is 8.94. The minimum absolute atomic E-state index is 0.0629. The third-order valence-corrected chi connectivity index (χ3v) is 8.25. The number of nitrogens with zero attached hydrogens (tertiary/aromatic N) is 1. The predicted octanol–water partition coefficient (Wildman–Crippen LogP) is 3.68. The van der Waals surface area contributed by atoms with Gasteiger partial charge in [-0.25, -0.2) is 13.1 Å². The Kier molecular flexibility index (Phi) is 7.33. The average molecular weight is 460 g/mol. The normalized spacial score (nSPS) is 19.5. The van der Waals surface area contributed by atoms with Crippen molar-refractivity contribution >= 4 is 15.9 Å². The van der Waals surface area contributed by atoms with Gasteiger partial charge in [-0.2, -0.15) is 0 Å². The number of hydrogen-bond donors (Lipinski definition) is 2. The fourth-order valence-electron chi connectivity index (χ4n) is 4.98. The lowest BCUT2D eigenvalue weighted by atomic mass is 9.79. The first kappa shape index (κ1) is 23.0. The standard InChI is InChI=1S/C24H33N3O4S/c28-23(25-19-24(13-3-1-4-14-24)27-15-5-2-6-16-27)20-9-11-22(12-10-20)32(29,30)26-18-21-8-7-17-31-21/h7-12,17,26H,1-6,13-16,18-19H2,(H,25,28). The number of carbonyl (C=O) groups excluding carboxylic acids is 1. The molecule has 32 heavy (non-hydrogen) atoms. The topological polar surface area (TPSA) is 91.7 Å². The third-order valence-electron chi connectivity index (χ3n) is 6.83. The van der Waals surface area contributed by atoms with Crippen molar-refractivity contribution in [3.8, 4) is 0 Å². The Morgan fingerprint density at radius 3 is 2.31 bits per heavy atom. The van der Waals surface area contributed by atoms with Crippen LogP contribution in [0, 0.1) is 0 Å². The molecule has 1 aliphatic carbocycles. The molecule has 1 amide bonds. The minimum Gasteiger partial charge on any atom is -0.468 e. The predicted molar refractivity (Wildman–Crippen MR) is 123 cm³/mol. The lowest BCUT2D eigenvalue weighted by Crippen LogP contribution is -2.58. The zero-order valence-corrected chi connectivity index (χ0v) is 19.3. The maximum atomic E-state index is 12.8. The average Bonchev–Trinajstić information content (AvgIpc) is 3.36.